The van der Waals surface area contributed by atoms with Crippen LogP contribution in [0.1, 0.15) is 21.0 Å². The van der Waals surface area contributed by atoms with Gasteiger partial charge in [0.2, 0.25) is 11.7 Å². The van der Waals surface area contributed by atoms with Gasteiger partial charge in [0.25, 0.3) is 5.91 Å². The summed E-state index contributed by atoms with van der Waals surface area (Å²) in [6.45, 7) is -0.124. The van der Waals surface area contributed by atoms with Crippen molar-refractivity contribution in [2.24, 2.45) is 0 Å². The van der Waals surface area contributed by atoms with Gasteiger partial charge >= 0.3 is 5.97 Å². The lowest BCUT2D eigenvalue weighted by Gasteiger charge is -2.17. The number of hydrogen-bond acceptors (Lipinski definition) is 5. The minimum atomic E-state index is -1.31. The molecule has 0 unspecified atom stereocenters. The van der Waals surface area contributed by atoms with Crippen LogP contribution in [0.15, 0.2) is 10.6 Å². The molecule has 18 heavy (non-hydrogen) atoms. The predicted molar refractivity (Wildman–Crippen MR) is 59.1 cm³/mol. The van der Waals surface area contributed by atoms with E-state index in [0.29, 0.717) is 0 Å². The number of carboxylic acids is 1. The van der Waals surface area contributed by atoms with E-state index in [2.05, 4.69) is 9.68 Å². The van der Waals surface area contributed by atoms with Crippen molar-refractivity contribution in [3.8, 4) is 0 Å². The molecule has 0 radical (unpaired) electrons. The van der Waals surface area contributed by atoms with E-state index in [1.54, 1.807) is 14.1 Å². The number of carboxylic acid groups (broad SMARTS) is 1. The van der Waals surface area contributed by atoms with Gasteiger partial charge in [0, 0.05) is 27.2 Å². The van der Waals surface area contributed by atoms with E-state index in [-0.39, 0.29) is 18.1 Å². The maximum atomic E-state index is 11.8. The molecule has 0 bridgehead atoms. The molecule has 1 N–H and O–H groups in total. The molecule has 1 aromatic rings. The molecular formula is C10H13N3O5. The smallest absolute Gasteiger partial charge is 0.374 e. The van der Waals surface area contributed by atoms with E-state index in [1.165, 1.54) is 11.9 Å². The topological polar surface area (TPSA) is 104 Å². The highest BCUT2D eigenvalue weighted by molar-refractivity contribution is 5.96. The van der Waals surface area contributed by atoms with Crippen LogP contribution in [-0.2, 0) is 4.79 Å². The lowest BCUT2D eigenvalue weighted by Crippen LogP contribution is -2.37. The van der Waals surface area contributed by atoms with Crippen LogP contribution in [0, 0.1) is 0 Å². The molecule has 0 aliphatic rings. The number of carbonyl (C=O) groups is 3. The number of nitrogens with zero attached hydrogens (tertiary/aromatic N) is 3. The molecule has 0 saturated carbocycles. The SMILES string of the molecule is CN(C)C(=O)CN(C)C(=O)c1cc(C(=O)O)on1. The molecular weight excluding hydrogens is 242 g/mol. The zero-order valence-electron chi connectivity index (χ0n) is 10.2. The monoisotopic (exact) mass is 255 g/mol. The fraction of sp³-hybridized carbons (Fsp3) is 0.400. The lowest BCUT2D eigenvalue weighted by atomic mass is 10.3. The summed E-state index contributed by atoms with van der Waals surface area (Å²) in [6, 6.07) is 1.02. The molecule has 1 rings (SSSR count). The molecule has 0 saturated heterocycles. The van der Waals surface area contributed by atoms with E-state index in [9.17, 15) is 14.4 Å². The standard InChI is InChI=1S/C10H13N3O5/c1-12(2)8(14)5-13(3)9(15)6-4-7(10(16)17)18-11-6/h4H,5H2,1-3H3,(H,16,17). The van der Waals surface area contributed by atoms with Crippen LogP contribution in [0.25, 0.3) is 0 Å². The predicted octanol–water partition coefficient (Wildman–Crippen LogP) is -0.467. The first-order valence-corrected chi connectivity index (χ1v) is 4.98. The molecule has 0 fully saturated rings. The number of rotatable bonds is 4. The van der Waals surface area contributed by atoms with Crippen LogP contribution in [0.2, 0.25) is 0 Å². The molecule has 8 heteroatoms. The third-order valence-corrected chi connectivity index (χ3v) is 2.16. The number of likely N-dealkylation sites (N-methyl/N-ethyl adjacent to an activating group) is 2. The highest BCUT2D eigenvalue weighted by Gasteiger charge is 2.21. The number of hydrogen-bond donors (Lipinski definition) is 1. The third kappa shape index (κ3) is 3.06. The van der Waals surface area contributed by atoms with Gasteiger partial charge in [0.05, 0.1) is 6.54 Å². The van der Waals surface area contributed by atoms with Gasteiger partial charge in [-0.05, 0) is 0 Å². The summed E-state index contributed by atoms with van der Waals surface area (Å²) in [4.78, 5) is 36.2. The van der Waals surface area contributed by atoms with Crippen molar-refractivity contribution < 1.29 is 24.0 Å². The normalized spacial score (nSPS) is 9.94. The van der Waals surface area contributed by atoms with E-state index in [4.69, 9.17) is 5.11 Å². The van der Waals surface area contributed by atoms with Crippen LogP contribution >= 0.6 is 0 Å². The van der Waals surface area contributed by atoms with Crippen molar-refractivity contribution in [3.05, 3.63) is 17.5 Å². The van der Waals surface area contributed by atoms with Crippen molar-refractivity contribution in [2.75, 3.05) is 27.7 Å². The maximum absolute atomic E-state index is 11.8. The Balaban J connectivity index is 2.74. The molecule has 0 atom stereocenters. The summed E-state index contributed by atoms with van der Waals surface area (Å²) in [6.07, 6.45) is 0. The Morgan fingerprint density at radius 1 is 1.33 bits per heavy atom. The Bertz CT molecular complexity index is 480. The van der Waals surface area contributed by atoms with Gasteiger partial charge in [0.1, 0.15) is 0 Å². The van der Waals surface area contributed by atoms with Gasteiger partial charge in [-0.3, -0.25) is 9.59 Å². The molecule has 0 aromatic carbocycles. The van der Waals surface area contributed by atoms with Crippen LogP contribution in [0.4, 0.5) is 0 Å². The first kappa shape index (κ1) is 13.7. The Morgan fingerprint density at radius 3 is 2.39 bits per heavy atom. The molecule has 8 nitrogen and oxygen atoms in total. The Morgan fingerprint density at radius 2 is 1.94 bits per heavy atom. The van der Waals surface area contributed by atoms with E-state index in [0.717, 1.165) is 11.0 Å². The third-order valence-electron chi connectivity index (χ3n) is 2.16. The van der Waals surface area contributed by atoms with Crippen molar-refractivity contribution >= 4 is 17.8 Å². The molecule has 0 spiro atoms. The number of amides is 2. The van der Waals surface area contributed by atoms with Gasteiger partial charge in [-0.2, -0.15) is 0 Å². The maximum Gasteiger partial charge on any atom is 0.374 e. The molecule has 1 aromatic heterocycles. The van der Waals surface area contributed by atoms with Gasteiger partial charge in [0.15, 0.2) is 5.69 Å². The summed E-state index contributed by atoms with van der Waals surface area (Å²) in [5.41, 5.74) is -0.151. The summed E-state index contributed by atoms with van der Waals surface area (Å²) < 4.78 is 4.46. The summed E-state index contributed by atoms with van der Waals surface area (Å²) in [5.74, 6) is -2.58. The lowest BCUT2D eigenvalue weighted by molar-refractivity contribution is -0.129. The average Bonchev–Trinajstić information content (AvgIpc) is 2.76. The van der Waals surface area contributed by atoms with Gasteiger partial charge < -0.3 is 19.4 Å². The number of aromatic carboxylic acids is 1. The zero-order valence-corrected chi connectivity index (χ0v) is 10.2. The summed E-state index contributed by atoms with van der Waals surface area (Å²) in [7, 11) is 4.55. The summed E-state index contributed by atoms with van der Waals surface area (Å²) >= 11 is 0. The Kier molecular flexibility index (Phi) is 4.03. The van der Waals surface area contributed by atoms with Crippen LogP contribution in [-0.4, -0.2) is 65.5 Å². The largest absolute Gasteiger partial charge is 0.475 e. The molecule has 1 heterocycles. The fourth-order valence-corrected chi connectivity index (χ4v) is 1.09. The quantitative estimate of drug-likeness (QED) is 0.780. The van der Waals surface area contributed by atoms with Crippen molar-refractivity contribution in [1.82, 2.24) is 15.0 Å². The average molecular weight is 255 g/mol. The number of carbonyl (C=O) groups excluding carboxylic acids is 2. The first-order chi connectivity index (χ1) is 8.32. The van der Waals surface area contributed by atoms with Crippen LogP contribution in [0.3, 0.4) is 0 Å². The Hall–Kier alpha value is -2.38. The van der Waals surface area contributed by atoms with E-state index < -0.39 is 17.6 Å². The number of aromatic nitrogens is 1. The second-order valence-electron chi connectivity index (χ2n) is 3.83. The fourth-order valence-electron chi connectivity index (χ4n) is 1.09. The van der Waals surface area contributed by atoms with Crippen LogP contribution < -0.4 is 0 Å². The molecule has 2 amide bonds. The first-order valence-electron chi connectivity index (χ1n) is 4.98. The van der Waals surface area contributed by atoms with E-state index >= 15 is 0 Å². The minimum absolute atomic E-state index is 0.124. The second-order valence-corrected chi connectivity index (χ2v) is 3.83. The molecule has 0 aliphatic carbocycles. The highest BCUT2D eigenvalue weighted by atomic mass is 16.5. The van der Waals surface area contributed by atoms with Gasteiger partial charge in [-0.1, -0.05) is 5.16 Å². The minimum Gasteiger partial charge on any atom is -0.475 e. The van der Waals surface area contributed by atoms with Crippen molar-refractivity contribution in [3.63, 3.8) is 0 Å². The summed E-state index contributed by atoms with van der Waals surface area (Å²) in [5, 5.41) is 12.0. The van der Waals surface area contributed by atoms with Gasteiger partial charge in [-0.15, -0.1) is 0 Å². The zero-order chi connectivity index (χ0) is 13.9. The molecule has 0 aliphatic heterocycles. The second kappa shape index (κ2) is 5.30. The Labute approximate surface area is 103 Å². The van der Waals surface area contributed by atoms with Gasteiger partial charge in [-0.25, -0.2) is 4.79 Å². The van der Waals surface area contributed by atoms with E-state index in [1.807, 2.05) is 0 Å². The molecule has 98 valence electrons. The highest BCUT2D eigenvalue weighted by Crippen LogP contribution is 2.06. The van der Waals surface area contributed by atoms with Crippen LogP contribution in [0.5, 0.6) is 0 Å². The van der Waals surface area contributed by atoms with Crippen molar-refractivity contribution in [2.45, 2.75) is 0 Å². The van der Waals surface area contributed by atoms with Crippen molar-refractivity contribution in [1.29, 1.82) is 0 Å².